The van der Waals surface area contributed by atoms with Gasteiger partial charge in [-0.1, -0.05) is 29.8 Å². The Hall–Kier alpha value is -3.10. The maximum atomic E-state index is 14.1. The molecule has 33 heavy (non-hydrogen) atoms. The average molecular weight is 492 g/mol. The number of ether oxygens (including phenoxy) is 2. The quantitative estimate of drug-likeness (QED) is 0.436. The van der Waals surface area contributed by atoms with Crippen molar-refractivity contribution >= 4 is 33.4 Å². The van der Waals surface area contributed by atoms with E-state index in [-0.39, 0.29) is 27.8 Å². The fraction of sp³-hybridized carbons (Fsp3) is 0.167. The molecular formula is C24H20ClF2NO4S. The van der Waals surface area contributed by atoms with Crippen molar-refractivity contribution in [1.29, 1.82) is 0 Å². The number of hydrogen-bond acceptors (Lipinski definition) is 4. The molecule has 0 bridgehead atoms. The number of methoxy groups -OCH3 is 1. The summed E-state index contributed by atoms with van der Waals surface area (Å²) in [5.41, 5.74) is 1.24. The second-order valence-corrected chi connectivity index (χ2v) is 9.63. The zero-order chi connectivity index (χ0) is 23.8. The summed E-state index contributed by atoms with van der Waals surface area (Å²) >= 11 is 6.06. The van der Waals surface area contributed by atoms with E-state index in [1.165, 1.54) is 29.6 Å². The van der Waals surface area contributed by atoms with Crippen molar-refractivity contribution in [2.75, 3.05) is 11.4 Å². The van der Waals surface area contributed by atoms with E-state index >= 15 is 0 Å². The highest BCUT2D eigenvalue weighted by Crippen LogP contribution is 2.37. The molecular weight excluding hydrogens is 472 g/mol. The van der Waals surface area contributed by atoms with Crippen LogP contribution < -0.4 is 13.8 Å². The summed E-state index contributed by atoms with van der Waals surface area (Å²) in [7, 11) is -2.81. The third kappa shape index (κ3) is 4.41. The predicted octanol–water partition coefficient (Wildman–Crippen LogP) is 5.82. The van der Waals surface area contributed by atoms with Gasteiger partial charge in [0.2, 0.25) is 0 Å². The lowest BCUT2D eigenvalue weighted by Crippen LogP contribution is -2.39. The van der Waals surface area contributed by atoms with Crippen LogP contribution in [0.15, 0.2) is 65.6 Å². The summed E-state index contributed by atoms with van der Waals surface area (Å²) in [4.78, 5) is -0.113. The van der Waals surface area contributed by atoms with Crippen LogP contribution in [0.5, 0.6) is 11.5 Å². The van der Waals surface area contributed by atoms with Gasteiger partial charge in [0.25, 0.3) is 10.0 Å². The first kappa shape index (κ1) is 23.1. The molecule has 5 nitrogen and oxygen atoms in total. The number of anilines is 1. The van der Waals surface area contributed by atoms with E-state index in [1.54, 1.807) is 37.3 Å². The summed E-state index contributed by atoms with van der Waals surface area (Å²) in [6, 6.07) is 12.2. The van der Waals surface area contributed by atoms with Crippen molar-refractivity contribution in [1.82, 2.24) is 0 Å². The van der Waals surface area contributed by atoms with Crippen LogP contribution in [-0.4, -0.2) is 21.6 Å². The van der Waals surface area contributed by atoms with Gasteiger partial charge in [0, 0.05) is 17.7 Å². The highest BCUT2D eigenvalue weighted by atomic mass is 35.5. The number of hydrogen-bond donors (Lipinski definition) is 0. The van der Waals surface area contributed by atoms with Gasteiger partial charge in [-0.2, -0.15) is 0 Å². The zero-order valence-corrected chi connectivity index (χ0v) is 19.3. The van der Waals surface area contributed by atoms with Gasteiger partial charge < -0.3 is 9.47 Å². The monoisotopic (exact) mass is 491 g/mol. The first-order chi connectivity index (χ1) is 15.7. The number of rotatable bonds is 6. The Kier molecular flexibility index (Phi) is 6.32. The fourth-order valence-corrected chi connectivity index (χ4v) is 5.44. The molecule has 172 valence electrons. The Bertz CT molecular complexity index is 1320. The van der Waals surface area contributed by atoms with E-state index in [2.05, 4.69) is 0 Å². The molecule has 1 aliphatic rings. The Labute approximate surface area is 195 Å². The predicted molar refractivity (Wildman–Crippen MR) is 123 cm³/mol. The molecule has 3 aromatic carbocycles. The van der Waals surface area contributed by atoms with Crippen molar-refractivity contribution in [2.24, 2.45) is 0 Å². The van der Waals surface area contributed by atoms with E-state index in [1.807, 2.05) is 6.08 Å². The Balaban J connectivity index is 1.70. The van der Waals surface area contributed by atoms with E-state index in [4.69, 9.17) is 21.1 Å². The van der Waals surface area contributed by atoms with Crippen LogP contribution in [0.2, 0.25) is 5.02 Å². The molecule has 1 unspecified atom stereocenters. The molecule has 0 radical (unpaired) electrons. The molecule has 1 aliphatic heterocycles. The van der Waals surface area contributed by atoms with Gasteiger partial charge in [-0.3, -0.25) is 4.31 Å². The molecule has 0 aliphatic carbocycles. The summed E-state index contributed by atoms with van der Waals surface area (Å²) in [6.45, 7) is 1.60. The molecule has 0 spiro atoms. The molecule has 0 N–H and O–H groups in total. The van der Waals surface area contributed by atoms with Crippen molar-refractivity contribution in [2.45, 2.75) is 24.5 Å². The van der Waals surface area contributed by atoms with E-state index in [0.717, 1.165) is 12.1 Å². The highest BCUT2D eigenvalue weighted by Gasteiger charge is 2.32. The van der Waals surface area contributed by atoms with E-state index in [0.29, 0.717) is 17.0 Å². The van der Waals surface area contributed by atoms with Crippen molar-refractivity contribution in [3.8, 4) is 11.5 Å². The van der Waals surface area contributed by atoms with Crippen LogP contribution in [-0.2, 0) is 16.6 Å². The lowest BCUT2D eigenvalue weighted by molar-refractivity contribution is 0.300. The van der Waals surface area contributed by atoms with Gasteiger partial charge in [0.1, 0.15) is 18.2 Å². The van der Waals surface area contributed by atoms with Crippen molar-refractivity contribution in [3.63, 3.8) is 0 Å². The Morgan fingerprint density at radius 3 is 2.58 bits per heavy atom. The first-order valence-corrected chi connectivity index (χ1v) is 11.8. The number of benzene rings is 3. The number of halogens is 3. The minimum atomic E-state index is -4.07. The largest absolute Gasteiger partial charge is 0.494 e. The van der Waals surface area contributed by atoms with Crippen LogP contribution in [0.1, 0.15) is 18.1 Å². The Morgan fingerprint density at radius 1 is 1.06 bits per heavy atom. The molecule has 0 fully saturated rings. The number of sulfonamides is 1. The third-order valence-corrected chi connectivity index (χ3v) is 7.54. The average Bonchev–Trinajstić information content (AvgIpc) is 2.78. The van der Waals surface area contributed by atoms with Crippen molar-refractivity contribution in [3.05, 3.63) is 88.5 Å². The van der Waals surface area contributed by atoms with Gasteiger partial charge >= 0.3 is 0 Å². The van der Waals surface area contributed by atoms with Gasteiger partial charge in [-0.15, -0.1) is 0 Å². The highest BCUT2D eigenvalue weighted by molar-refractivity contribution is 7.92. The molecule has 9 heteroatoms. The Morgan fingerprint density at radius 2 is 1.85 bits per heavy atom. The summed E-state index contributed by atoms with van der Waals surface area (Å²) in [5.74, 6) is -0.986. The minimum Gasteiger partial charge on any atom is -0.494 e. The van der Waals surface area contributed by atoms with Crippen LogP contribution in [0.4, 0.5) is 14.5 Å². The maximum Gasteiger partial charge on any atom is 0.265 e. The second kappa shape index (κ2) is 9.03. The molecule has 4 rings (SSSR count). The molecule has 1 heterocycles. The van der Waals surface area contributed by atoms with Crippen LogP contribution in [0, 0.1) is 11.6 Å². The van der Waals surface area contributed by atoms with Gasteiger partial charge in [0.15, 0.2) is 11.6 Å². The maximum absolute atomic E-state index is 14.1. The normalized spacial score (nSPS) is 15.3. The van der Waals surface area contributed by atoms with Crippen LogP contribution in [0.3, 0.4) is 0 Å². The summed E-state index contributed by atoms with van der Waals surface area (Å²) in [5, 5.41) is 0.235. The second-order valence-electron chi connectivity index (χ2n) is 7.41. The minimum absolute atomic E-state index is 0.113. The van der Waals surface area contributed by atoms with Gasteiger partial charge in [0.05, 0.1) is 28.8 Å². The van der Waals surface area contributed by atoms with E-state index in [9.17, 15) is 17.2 Å². The molecule has 1 atom stereocenters. The lowest BCUT2D eigenvalue weighted by Gasteiger charge is -2.33. The van der Waals surface area contributed by atoms with Crippen LogP contribution >= 0.6 is 11.6 Å². The first-order valence-electron chi connectivity index (χ1n) is 9.98. The fourth-order valence-electron chi connectivity index (χ4n) is 3.57. The van der Waals surface area contributed by atoms with Gasteiger partial charge in [-0.25, -0.2) is 17.2 Å². The SMILES string of the molecule is COc1cc(S(=O)(=O)N2c3cc(OCc4c(F)cccc4Cl)ccc3C=CC2C)ccc1F. The smallest absolute Gasteiger partial charge is 0.265 e. The molecule has 0 aromatic heterocycles. The summed E-state index contributed by atoms with van der Waals surface area (Å²) in [6.07, 6.45) is 3.56. The van der Waals surface area contributed by atoms with E-state index < -0.39 is 27.7 Å². The van der Waals surface area contributed by atoms with Crippen LogP contribution in [0.25, 0.3) is 6.08 Å². The number of nitrogens with zero attached hydrogens (tertiary/aromatic N) is 1. The molecule has 0 saturated heterocycles. The molecule has 0 amide bonds. The lowest BCUT2D eigenvalue weighted by atomic mass is 10.1. The topological polar surface area (TPSA) is 55.8 Å². The number of fused-ring (bicyclic) bond motifs is 1. The molecule has 0 saturated carbocycles. The summed E-state index contributed by atoms with van der Waals surface area (Å²) < 4.78 is 66.9. The third-order valence-electron chi connectivity index (χ3n) is 5.29. The van der Waals surface area contributed by atoms with Gasteiger partial charge in [-0.05, 0) is 48.9 Å². The van der Waals surface area contributed by atoms with Crippen molar-refractivity contribution < 1.29 is 26.7 Å². The molecule has 3 aromatic rings. The zero-order valence-electron chi connectivity index (χ0n) is 17.8. The standard InChI is InChI=1S/C24H20ClF2NO4S/c1-15-6-7-16-8-9-17(32-14-19-20(25)4-3-5-21(19)26)12-23(16)28(15)33(29,30)18-10-11-22(27)24(13-18)31-2/h3-13,15H,14H2,1-2H3.